The van der Waals surface area contributed by atoms with E-state index in [0.717, 1.165) is 0 Å². The molecule has 1 aromatic rings. The molecule has 0 saturated heterocycles. The summed E-state index contributed by atoms with van der Waals surface area (Å²) in [5.41, 5.74) is 2.58. The fraction of sp³-hybridized carbons (Fsp3) is 0.385. The van der Waals surface area contributed by atoms with Crippen LogP contribution in [0, 0.1) is 5.92 Å². The van der Waals surface area contributed by atoms with Gasteiger partial charge in [0.05, 0.1) is 0 Å². The molecule has 2 bridgehead atoms. The molecule has 3 rings (SSSR count). The quantitative estimate of drug-likeness (QED) is 0.612. The second kappa shape index (κ2) is 2.48. The van der Waals surface area contributed by atoms with Crippen LogP contribution in [0.1, 0.15) is 31.1 Å². The van der Waals surface area contributed by atoms with Crippen molar-refractivity contribution in [3.8, 4) is 0 Å². The lowest BCUT2D eigenvalue weighted by atomic mass is 9.80. The van der Waals surface area contributed by atoms with E-state index in [1.165, 1.54) is 11.1 Å². The van der Waals surface area contributed by atoms with Gasteiger partial charge in [-0.3, -0.25) is 0 Å². The minimum atomic E-state index is -0.138. The van der Waals surface area contributed by atoms with E-state index in [0.29, 0.717) is 5.92 Å². The van der Waals surface area contributed by atoms with Crippen molar-refractivity contribution >= 4 is 0 Å². The number of benzene rings is 1. The van der Waals surface area contributed by atoms with Gasteiger partial charge in [0.1, 0.15) is 11.7 Å². The molecule has 14 heavy (non-hydrogen) atoms. The molecule has 1 nitrogen and oxygen atoms in total. The molecule has 0 saturated carbocycles. The maximum Gasteiger partial charge on any atom is 0.115 e. The van der Waals surface area contributed by atoms with Crippen LogP contribution < -0.4 is 0 Å². The minimum Gasteiger partial charge on any atom is -0.354 e. The zero-order chi connectivity index (χ0) is 9.76. The van der Waals surface area contributed by atoms with E-state index in [2.05, 4.69) is 50.3 Å². The third kappa shape index (κ3) is 0.788. The number of fused-ring (bicyclic) bond motifs is 5. The van der Waals surface area contributed by atoms with Crippen LogP contribution in [0.5, 0.6) is 0 Å². The molecule has 1 heteroatoms. The number of hydrogen-bond acceptors (Lipinski definition) is 1. The summed E-state index contributed by atoms with van der Waals surface area (Å²) in [6.07, 6.45) is 4.61. The van der Waals surface area contributed by atoms with Crippen molar-refractivity contribution in [2.45, 2.75) is 25.6 Å². The first kappa shape index (κ1) is 8.25. The van der Waals surface area contributed by atoms with Gasteiger partial charge in [-0.05, 0) is 23.1 Å². The molecule has 0 N–H and O–H groups in total. The standard InChI is InChI=1S/C13H14O/c1-9(2)13-8-7-12(14-13)10-5-3-4-6-11(10)13/h3-9,12H,1-2H3/t12-,13-/m0/s1. The Balaban J connectivity index is 2.23. The average Bonchev–Trinajstić information content (AvgIpc) is 2.75. The lowest BCUT2D eigenvalue weighted by Gasteiger charge is -2.28. The molecule has 0 unspecified atom stereocenters. The van der Waals surface area contributed by atoms with Gasteiger partial charge in [-0.1, -0.05) is 44.2 Å². The Kier molecular flexibility index (Phi) is 1.46. The first-order valence-electron chi connectivity index (χ1n) is 5.20. The number of ether oxygens (including phenoxy) is 1. The predicted octanol–water partition coefficient (Wildman–Crippen LogP) is 3.18. The number of hydrogen-bond donors (Lipinski definition) is 0. The Morgan fingerprint density at radius 3 is 2.86 bits per heavy atom. The Morgan fingerprint density at radius 1 is 1.29 bits per heavy atom. The van der Waals surface area contributed by atoms with Crippen molar-refractivity contribution in [3.05, 3.63) is 47.5 Å². The van der Waals surface area contributed by atoms with Crippen molar-refractivity contribution in [2.75, 3.05) is 0 Å². The molecule has 72 valence electrons. The molecule has 0 amide bonds. The molecular formula is C13H14O. The predicted molar refractivity (Wildman–Crippen MR) is 55.9 cm³/mol. The topological polar surface area (TPSA) is 9.23 Å². The third-order valence-corrected chi connectivity index (χ3v) is 3.39. The number of rotatable bonds is 1. The van der Waals surface area contributed by atoms with Crippen molar-refractivity contribution in [2.24, 2.45) is 5.92 Å². The smallest absolute Gasteiger partial charge is 0.115 e. The van der Waals surface area contributed by atoms with Gasteiger partial charge in [0, 0.05) is 0 Å². The van der Waals surface area contributed by atoms with E-state index in [1.807, 2.05) is 0 Å². The summed E-state index contributed by atoms with van der Waals surface area (Å²) >= 11 is 0. The Labute approximate surface area is 84.4 Å². The summed E-state index contributed by atoms with van der Waals surface area (Å²) < 4.78 is 6.08. The zero-order valence-corrected chi connectivity index (χ0v) is 8.53. The molecule has 0 radical (unpaired) electrons. The Bertz CT molecular complexity index is 405. The summed E-state index contributed by atoms with van der Waals surface area (Å²) in [7, 11) is 0. The minimum absolute atomic E-state index is 0.138. The second-order valence-corrected chi connectivity index (χ2v) is 4.43. The van der Waals surface area contributed by atoms with Gasteiger partial charge < -0.3 is 4.74 Å². The molecule has 2 aliphatic rings. The highest BCUT2D eigenvalue weighted by Gasteiger charge is 2.48. The molecule has 0 aliphatic carbocycles. The summed E-state index contributed by atoms with van der Waals surface area (Å²) in [5.74, 6) is 0.493. The lowest BCUT2D eigenvalue weighted by molar-refractivity contribution is -0.0349. The normalized spacial score (nSPS) is 32.6. The zero-order valence-electron chi connectivity index (χ0n) is 8.53. The van der Waals surface area contributed by atoms with E-state index < -0.39 is 0 Å². The summed E-state index contributed by atoms with van der Waals surface area (Å²) in [6.45, 7) is 4.43. The highest BCUT2D eigenvalue weighted by atomic mass is 16.5. The van der Waals surface area contributed by atoms with Crippen LogP contribution in [0.25, 0.3) is 0 Å². The van der Waals surface area contributed by atoms with Gasteiger partial charge in [-0.15, -0.1) is 0 Å². The van der Waals surface area contributed by atoms with Gasteiger partial charge in [0.15, 0.2) is 0 Å². The fourth-order valence-electron chi connectivity index (χ4n) is 2.58. The van der Waals surface area contributed by atoms with Crippen LogP contribution in [0.3, 0.4) is 0 Å². The highest BCUT2D eigenvalue weighted by Crippen LogP contribution is 2.53. The third-order valence-electron chi connectivity index (χ3n) is 3.39. The van der Waals surface area contributed by atoms with Gasteiger partial charge in [-0.25, -0.2) is 0 Å². The molecule has 0 aromatic heterocycles. The first-order valence-corrected chi connectivity index (χ1v) is 5.20. The van der Waals surface area contributed by atoms with Crippen molar-refractivity contribution < 1.29 is 4.74 Å². The van der Waals surface area contributed by atoms with Gasteiger partial charge in [0.2, 0.25) is 0 Å². The summed E-state index contributed by atoms with van der Waals surface area (Å²) in [6, 6.07) is 8.55. The van der Waals surface area contributed by atoms with Crippen LogP contribution in [0.2, 0.25) is 0 Å². The fourth-order valence-corrected chi connectivity index (χ4v) is 2.58. The maximum absolute atomic E-state index is 6.08. The van der Waals surface area contributed by atoms with E-state index in [4.69, 9.17) is 4.74 Å². The van der Waals surface area contributed by atoms with E-state index in [-0.39, 0.29) is 11.7 Å². The van der Waals surface area contributed by atoms with Crippen LogP contribution in [0.4, 0.5) is 0 Å². The Hall–Kier alpha value is -1.08. The van der Waals surface area contributed by atoms with Crippen molar-refractivity contribution in [1.82, 2.24) is 0 Å². The van der Waals surface area contributed by atoms with E-state index in [9.17, 15) is 0 Å². The van der Waals surface area contributed by atoms with Gasteiger partial charge >= 0.3 is 0 Å². The average molecular weight is 186 g/mol. The van der Waals surface area contributed by atoms with Crippen molar-refractivity contribution in [3.63, 3.8) is 0 Å². The van der Waals surface area contributed by atoms with Crippen LogP contribution >= 0.6 is 0 Å². The molecule has 1 aromatic carbocycles. The van der Waals surface area contributed by atoms with Gasteiger partial charge in [-0.2, -0.15) is 0 Å². The lowest BCUT2D eigenvalue weighted by Crippen LogP contribution is -2.27. The second-order valence-electron chi connectivity index (χ2n) is 4.43. The monoisotopic (exact) mass is 186 g/mol. The van der Waals surface area contributed by atoms with Crippen LogP contribution in [0.15, 0.2) is 36.4 Å². The summed E-state index contributed by atoms with van der Waals surface area (Å²) in [4.78, 5) is 0. The summed E-state index contributed by atoms with van der Waals surface area (Å²) in [5, 5.41) is 0. The van der Waals surface area contributed by atoms with E-state index >= 15 is 0 Å². The molecule has 2 heterocycles. The molecule has 2 atom stereocenters. The first-order chi connectivity index (χ1) is 6.74. The molecule has 2 aliphatic heterocycles. The largest absolute Gasteiger partial charge is 0.354 e. The highest BCUT2D eigenvalue weighted by molar-refractivity contribution is 5.47. The van der Waals surface area contributed by atoms with Crippen molar-refractivity contribution in [1.29, 1.82) is 0 Å². The molecular weight excluding hydrogens is 172 g/mol. The molecule has 0 fully saturated rings. The van der Waals surface area contributed by atoms with Gasteiger partial charge in [0.25, 0.3) is 0 Å². The molecule has 0 spiro atoms. The Morgan fingerprint density at radius 2 is 2.07 bits per heavy atom. The SMILES string of the molecule is CC(C)[C@]12C=C[C@H](O1)c1ccccc12. The van der Waals surface area contributed by atoms with E-state index in [1.54, 1.807) is 0 Å². The maximum atomic E-state index is 6.08. The van der Waals surface area contributed by atoms with Crippen LogP contribution in [-0.4, -0.2) is 0 Å². The van der Waals surface area contributed by atoms with Crippen LogP contribution in [-0.2, 0) is 10.3 Å².